The Morgan fingerprint density at radius 1 is 1.18 bits per heavy atom. The van der Waals surface area contributed by atoms with Gasteiger partial charge in [-0.15, -0.1) is 0 Å². The zero-order valence-corrected chi connectivity index (χ0v) is 12.2. The third-order valence-corrected chi connectivity index (χ3v) is 4.05. The van der Waals surface area contributed by atoms with E-state index < -0.39 is 0 Å². The Morgan fingerprint density at radius 3 is 2.91 bits per heavy atom. The Bertz CT molecular complexity index is 854. The first-order chi connectivity index (χ1) is 10.8. The van der Waals surface area contributed by atoms with Crippen LogP contribution in [0.5, 0.6) is 0 Å². The number of para-hydroxylation sites is 1. The van der Waals surface area contributed by atoms with Crippen LogP contribution >= 0.6 is 0 Å². The monoisotopic (exact) mass is 294 g/mol. The summed E-state index contributed by atoms with van der Waals surface area (Å²) in [6, 6.07) is 10.6. The first-order valence-electron chi connectivity index (χ1n) is 7.28. The number of anilines is 1. The van der Waals surface area contributed by atoms with Crippen molar-refractivity contribution in [1.82, 2.24) is 14.8 Å². The molecule has 0 saturated carbocycles. The van der Waals surface area contributed by atoms with Crippen LogP contribution in [0.3, 0.4) is 0 Å². The summed E-state index contributed by atoms with van der Waals surface area (Å²) in [7, 11) is 0. The second-order valence-corrected chi connectivity index (χ2v) is 5.35. The van der Waals surface area contributed by atoms with E-state index in [4.69, 9.17) is 0 Å². The molecular formula is C17H15FN4. The van der Waals surface area contributed by atoms with Gasteiger partial charge in [0.25, 0.3) is 0 Å². The molecule has 1 aromatic carbocycles. The molecule has 0 saturated heterocycles. The number of hydrogen-bond donors (Lipinski definition) is 1. The summed E-state index contributed by atoms with van der Waals surface area (Å²) >= 11 is 0. The molecule has 0 unspecified atom stereocenters. The summed E-state index contributed by atoms with van der Waals surface area (Å²) in [6.07, 6.45) is 2.60. The van der Waals surface area contributed by atoms with Gasteiger partial charge in [-0.05, 0) is 37.6 Å². The molecular weight excluding hydrogens is 279 g/mol. The second kappa shape index (κ2) is 4.94. The molecule has 5 heteroatoms. The highest BCUT2D eigenvalue weighted by molar-refractivity contribution is 5.76. The van der Waals surface area contributed by atoms with E-state index in [1.807, 2.05) is 25.1 Å². The van der Waals surface area contributed by atoms with Crippen molar-refractivity contribution in [3.05, 3.63) is 59.7 Å². The van der Waals surface area contributed by atoms with Gasteiger partial charge in [-0.2, -0.15) is 5.10 Å². The van der Waals surface area contributed by atoms with Crippen molar-refractivity contribution in [1.29, 1.82) is 0 Å². The van der Waals surface area contributed by atoms with Crippen molar-refractivity contribution in [2.75, 3.05) is 11.9 Å². The highest BCUT2D eigenvalue weighted by Gasteiger charge is 2.22. The molecule has 0 amide bonds. The maximum atomic E-state index is 14.1. The van der Waals surface area contributed by atoms with Gasteiger partial charge in [0.15, 0.2) is 0 Å². The van der Waals surface area contributed by atoms with Gasteiger partial charge in [-0.3, -0.25) is 0 Å². The van der Waals surface area contributed by atoms with Gasteiger partial charge >= 0.3 is 0 Å². The molecule has 1 aliphatic heterocycles. The maximum Gasteiger partial charge on any atom is 0.148 e. The van der Waals surface area contributed by atoms with E-state index in [1.165, 1.54) is 6.07 Å². The highest BCUT2D eigenvalue weighted by Crippen LogP contribution is 2.33. The van der Waals surface area contributed by atoms with E-state index in [9.17, 15) is 4.39 Å². The molecule has 1 aliphatic rings. The largest absolute Gasteiger partial charge is 0.369 e. The summed E-state index contributed by atoms with van der Waals surface area (Å²) in [4.78, 5) is 4.37. The van der Waals surface area contributed by atoms with Crippen LogP contribution in [-0.4, -0.2) is 21.3 Å². The van der Waals surface area contributed by atoms with E-state index in [0.717, 1.165) is 41.3 Å². The minimum absolute atomic E-state index is 0.271. The quantitative estimate of drug-likeness (QED) is 0.748. The summed E-state index contributed by atoms with van der Waals surface area (Å²) in [5.74, 6) is 0.562. The van der Waals surface area contributed by atoms with Crippen LogP contribution in [0.4, 0.5) is 10.2 Å². The van der Waals surface area contributed by atoms with E-state index in [0.29, 0.717) is 5.69 Å². The average molecular weight is 294 g/mol. The van der Waals surface area contributed by atoms with E-state index in [1.54, 1.807) is 23.0 Å². The summed E-state index contributed by atoms with van der Waals surface area (Å²) in [5.41, 5.74) is 4.44. The van der Waals surface area contributed by atoms with Crippen LogP contribution in [0.25, 0.3) is 16.9 Å². The number of rotatable bonds is 1. The zero-order valence-electron chi connectivity index (χ0n) is 12.2. The molecule has 4 rings (SSSR count). The van der Waals surface area contributed by atoms with Crippen molar-refractivity contribution < 1.29 is 4.39 Å². The van der Waals surface area contributed by atoms with Gasteiger partial charge in [0.2, 0.25) is 0 Å². The topological polar surface area (TPSA) is 42.7 Å². The number of pyridine rings is 1. The summed E-state index contributed by atoms with van der Waals surface area (Å²) in [6.45, 7) is 2.78. The molecule has 1 N–H and O–H groups in total. The van der Waals surface area contributed by atoms with Crippen molar-refractivity contribution in [2.24, 2.45) is 0 Å². The summed E-state index contributed by atoms with van der Waals surface area (Å²) in [5, 5.41) is 8.00. The number of aromatic nitrogens is 3. The normalized spacial score (nSPS) is 13.0. The minimum Gasteiger partial charge on any atom is -0.369 e. The lowest BCUT2D eigenvalue weighted by Crippen LogP contribution is -2.07. The maximum absolute atomic E-state index is 14.1. The highest BCUT2D eigenvalue weighted by atomic mass is 19.1. The Kier molecular flexibility index (Phi) is 2.92. The van der Waals surface area contributed by atoms with Crippen LogP contribution in [-0.2, 0) is 6.42 Å². The molecule has 0 fully saturated rings. The van der Waals surface area contributed by atoms with Gasteiger partial charge < -0.3 is 5.32 Å². The second-order valence-electron chi connectivity index (χ2n) is 5.35. The van der Waals surface area contributed by atoms with Crippen LogP contribution < -0.4 is 5.32 Å². The van der Waals surface area contributed by atoms with Crippen molar-refractivity contribution >= 4 is 5.82 Å². The van der Waals surface area contributed by atoms with Crippen molar-refractivity contribution in [3.63, 3.8) is 0 Å². The first-order valence-corrected chi connectivity index (χ1v) is 7.28. The average Bonchev–Trinajstić information content (AvgIpc) is 2.75. The number of nitrogens with one attached hydrogen (secondary N) is 1. The van der Waals surface area contributed by atoms with E-state index >= 15 is 0 Å². The molecule has 4 nitrogen and oxygen atoms in total. The first kappa shape index (κ1) is 13.0. The molecule has 0 aliphatic carbocycles. The third kappa shape index (κ3) is 1.89. The lowest BCUT2D eigenvalue weighted by atomic mass is 10.1. The molecule has 0 spiro atoms. The number of halogens is 1. The van der Waals surface area contributed by atoms with Crippen LogP contribution in [0.1, 0.15) is 11.3 Å². The number of fused-ring (bicyclic) bond motifs is 3. The summed E-state index contributed by atoms with van der Waals surface area (Å²) < 4.78 is 15.8. The number of nitrogens with zero attached hydrogens (tertiary/aromatic N) is 3. The van der Waals surface area contributed by atoms with Crippen LogP contribution in [0.2, 0.25) is 0 Å². The Morgan fingerprint density at radius 2 is 2.05 bits per heavy atom. The smallest absolute Gasteiger partial charge is 0.148 e. The Hall–Kier alpha value is -2.69. The van der Waals surface area contributed by atoms with Gasteiger partial charge in [0.1, 0.15) is 17.3 Å². The Balaban J connectivity index is 1.96. The molecule has 110 valence electrons. The standard InChI is InChI=1S/C17H15FN4/c1-11-12-8-10-20-17-13(5-4-9-19-17)16(12)21-22(11)15-7-3-2-6-14(15)18/h2-7,9H,8,10H2,1H3,(H,19,20). The molecule has 0 radical (unpaired) electrons. The predicted octanol–water partition coefficient (Wildman–Crippen LogP) is 3.35. The van der Waals surface area contributed by atoms with Crippen molar-refractivity contribution in [3.8, 4) is 16.9 Å². The van der Waals surface area contributed by atoms with E-state index in [2.05, 4.69) is 15.4 Å². The molecule has 0 bridgehead atoms. The van der Waals surface area contributed by atoms with Gasteiger partial charge in [-0.25, -0.2) is 14.1 Å². The van der Waals surface area contributed by atoms with Gasteiger partial charge in [0.05, 0.1) is 5.69 Å². The Labute approximate surface area is 127 Å². The molecule has 22 heavy (non-hydrogen) atoms. The lowest BCUT2D eigenvalue weighted by molar-refractivity contribution is 0.608. The van der Waals surface area contributed by atoms with Gasteiger partial charge in [-0.1, -0.05) is 12.1 Å². The fraction of sp³-hybridized carbons (Fsp3) is 0.176. The third-order valence-electron chi connectivity index (χ3n) is 4.05. The van der Waals surface area contributed by atoms with Crippen molar-refractivity contribution in [2.45, 2.75) is 13.3 Å². The molecule has 0 atom stereocenters. The zero-order chi connectivity index (χ0) is 15.1. The predicted molar refractivity (Wildman–Crippen MR) is 83.7 cm³/mol. The van der Waals surface area contributed by atoms with Crippen LogP contribution in [0.15, 0.2) is 42.6 Å². The number of benzene rings is 1. The molecule has 3 aromatic rings. The molecule has 2 aromatic heterocycles. The fourth-order valence-corrected chi connectivity index (χ4v) is 2.95. The fourth-order valence-electron chi connectivity index (χ4n) is 2.95. The SMILES string of the molecule is Cc1c2c(nn1-c1ccccc1F)-c1cccnc1NCC2. The number of hydrogen-bond acceptors (Lipinski definition) is 3. The van der Waals surface area contributed by atoms with E-state index in [-0.39, 0.29) is 5.82 Å². The lowest BCUT2D eigenvalue weighted by Gasteiger charge is -2.07. The van der Waals surface area contributed by atoms with Crippen LogP contribution in [0, 0.1) is 12.7 Å². The molecule has 3 heterocycles. The minimum atomic E-state index is -0.271. The van der Waals surface area contributed by atoms with Gasteiger partial charge in [0, 0.05) is 29.6 Å².